The first-order valence-corrected chi connectivity index (χ1v) is 8.41. The van der Waals surface area contributed by atoms with E-state index in [0.29, 0.717) is 13.1 Å². The number of aromatic nitrogens is 2. The van der Waals surface area contributed by atoms with Gasteiger partial charge in [-0.15, -0.1) is 11.3 Å². The zero-order valence-electron chi connectivity index (χ0n) is 12.4. The lowest BCUT2D eigenvalue weighted by atomic mass is 9.94. The molecule has 1 amide bonds. The minimum atomic E-state index is -0.138. The molecule has 3 N–H and O–H groups in total. The number of carbonyl (C=O) groups is 1. The minimum absolute atomic E-state index is 0.0123. The molecular formula is C16H17N5OS. The Labute approximate surface area is 137 Å². The Hall–Kier alpha value is -2.22. The van der Waals surface area contributed by atoms with Crippen LogP contribution >= 0.6 is 11.3 Å². The first-order valence-electron chi connectivity index (χ1n) is 7.53. The molecule has 1 fully saturated rings. The van der Waals surface area contributed by atoms with Gasteiger partial charge in [0.15, 0.2) is 4.96 Å². The van der Waals surface area contributed by atoms with E-state index in [1.807, 2.05) is 52.5 Å². The molecular weight excluding hydrogens is 310 g/mol. The third-order valence-electron chi connectivity index (χ3n) is 4.06. The van der Waals surface area contributed by atoms with Gasteiger partial charge in [0.25, 0.3) is 0 Å². The Bertz CT molecular complexity index is 784. The number of nitrogens with zero attached hydrogens (tertiary/aromatic N) is 2. The van der Waals surface area contributed by atoms with Crippen LogP contribution in [0.25, 0.3) is 4.96 Å². The van der Waals surface area contributed by atoms with Gasteiger partial charge < -0.3 is 5.32 Å². The zero-order chi connectivity index (χ0) is 15.6. The van der Waals surface area contributed by atoms with Crippen molar-refractivity contribution in [2.24, 2.45) is 5.92 Å². The van der Waals surface area contributed by atoms with Crippen molar-refractivity contribution in [2.45, 2.75) is 12.6 Å². The van der Waals surface area contributed by atoms with Crippen LogP contribution in [-0.4, -0.2) is 21.8 Å². The van der Waals surface area contributed by atoms with Crippen molar-refractivity contribution in [2.75, 3.05) is 6.54 Å². The molecule has 1 aliphatic heterocycles. The summed E-state index contributed by atoms with van der Waals surface area (Å²) in [6, 6.07) is 10.0. The maximum absolute atomic E-state index is 12.5. The van der Waals surface area contributed by atoms with E-state index in [0.717, 1.165) is 16.2 Å². The molecule has 0 spiro atoms. The first kappa shape index (κ1) is 14.4. The molecule has 1 aliphatic rings. The average molecular weight is 327 g/mol. The maximum atomic E-state index is 12.5. The van der Waals surface area contributed by atoms with E-state index in [4.69, 9.17) is 0 Å². The topological polar surface area (TPSA) is 70.5 Å². The number of hydrogen-bond acceptors (Lipinski definition) is 5. The molecule has 1 aromatic carbocycles. The van der Waals surface area contributed by atoms with Gasteiger partial charge in [-0.2, -0.15) is 0 Å². The average Bonchev–Trinajstić information content (AvgIpc) is 3.28. The second kappa shape index (κ2) is 6.11. The fraction of sp³-hybridized carbons (Fsp3) is 0.250. The predicted octanol–water partition coefficient (Wildman–Crippen LogP) is 1.48. The number of amides is 1. The highest BCUT2D eigenvalue weighted by atomic mass is 32.1. The minimum Gasteiger partial charge on any atom is -0.350 e. The molecule has 0 aliphatic carbocycles. The van der Waals surface area contributed by atoms with Gasteiger partial charge in [0.05, 0.1) is 24.2 Å². The Morgan fingerprint density at radius 1 is 1.39 bits per heavy atom. The Morgan fingerprint density at radius 2 is 2.26 bits per heavy atom. The number of fused-ring (bicyclic) bond motifs is 1. The van der Waals surface area contributed by atoms with E-state index in [1.165, 1.54) is 0 Å². The molecule has 3 aromatic rings. The summed E-state index contributed by atoms with van der Waals surface area (Å²) in [5.74, 6) is -0.103. The van der Waals surface area contributed by atoms with Crippen molar-refractivity contribution >= 4 is 22.2 Å². The van der Waals surface area contributed by atoms with Crippen LogP contribution in [-0.2, 0) is 11.3 Å². The monoisotopic (exact) mass is 327 g/mol. The summed E-state index contributed by atoms with van der Waals surface area (Å²) in [6.45, 7) is 1.06. The van der Waals surface area contributed by atoms with E-state index < -0.39 is 0 Å². The van der Waals surface area contributed by atoms with Crippen molar-refractivity contribution in [3.8, 4) is 0 Å². The lowest BCUT2D eigenvalue weighted by Gasteiger charge is -2.18. The van der Waals surface area contributed by atoms with Gasteiger partial charge in [-0.25, -0.2) is 10.4 Å². The van der Waals surface area contributed by atoms with Crippen LogP contribution in [0.4, 0.5) is 0 Å². The van der Waals surface area contributed by atoms with Gasteiger partial charge in [0.2, 0.25) is 5.91 Å². The number of nitrogens with one attached hydrogen (secondary N) is 3. The second-order valence-electron chi connectivity index (χ2n) is 5.56. The molecule has 4 rings (SSSR count). The standard InChI is InChI=1S/C16H17N5OS/c22-15(17-8-12-10-21-6-7-23-16(21)19-12)13-9-18-20-14(13)11-4-2-1-3-5-11/h1-7,10,13-14,18,20H,8-9H2,(H,17,22). The van der Waals surface area contributed by atoms with Crippen molar-refractivity contribution in [3.05, 3.63) is 59.4 Å². The van der Waals surface area contributed by atoms with Crippen LogP contribution in [0, 0.1) is 5.92 Å². The normalized spacial score (nSPS) is 20.9. The molecule has 1 saturated heterocycles. The Morgan fingerprint density at radius 3 is 3.09 bits per heavy atom. The van der Waals surface area contributed by atoms with Gasteiger partial charge in [-0.05, 0) is 5.56 Å². The number of rotatable bonds is 4. The summed E-state index contributed by atoms with van der Waals surface area (Å²) in [6.07, 6.45) is 3.92. The first-order chi connectivity index (χ1) is 11.3. The van der Waals surface area contributed by atoms with Crippen molar-refractivity contribution in [1.82, 2.24) is 25.6 Å². The summed E-state index contributed by atoms with van der Waals surface area (Å²) in [4.78, 5) is 18.0. The highest BCUT2D eigenvalue weighted by molar-refractivity contribution is 7.15. The van der Waals surface area contributed by atoms with Gasteiger partial charge in [-0.3, -0.25) is 14.6 Å². The van der Waals surface area contributed by atoms with Crippen LogP contribution in [0.3, 0.4) is 0 Å². The summed E-state index contributed by atoms with van der Waals surface area (Å²) in [7, 11) is 0. The van der Waals surface area contributed by atoms with E-state index in [-0.39, 0.29) is 17.9 Å². The number of benzene rings is 1. The Kier molecular flexibility index (Phi) is 3.82. The molecule has 23 heavy (non-hydrogen) atoms. The molecule has 6 nitrogen and oxygen atoms in total. The highest BCUT2D eigenvalue weighted by Crippen LogP contribution is 2.24. The van der Waals surface area contributed by atoms with Gasteiger partial charge in [-0.1, -0.05) is 30.3 Å². The van der Waals surface area contributed by atoms with Gasteiger partial charge >= 0.3 is 0 Å². The van der Waals surface area contributed by atoms with Gasteiger partial charge in [0, 0.05) is 24.3 Å². The second-order valence-corrected chi connectivity index (χ2v) is 6.44. The van der Waals surface area contributed by atoms with E-state index >= 15 is 0 Å². The highest BCUT2D eigenvalue weighted by Gasteiger charge is 2.33. The van der Waals surface area contributed by atoms with Crippen molar-refractivity contribution in [1.29, 1.82) is 0 Å². The van der Waals surface area contributed by atoms with Crippen LogP contribution in [0.2, 0.25) is 0 Å². The largest absolute Gasteiger partial charge is 0.350 e. The van der Waals surface area contributed by atoms with Crippen LogP contribution in [0.15, 0.2) is 48.1 Å². The number of imidazole rings is 1. The van der Waals surface area contributed by atoms with E-state index in [1.54, 1.807) is 11.3 Å². The molecule has 3 heterocycles. The summed E-state index contributed by atoms with van der Waals surface area (Å²) < 4.78 is 1.97. The number of thiazole rings is 1. The fourth-order valence-electron chi connectivity index (χ4n) is 2.89. The van der Waals surface area contributed by atoms with Crippen molar-refractivity contribution in [3.63, 3.8) is 0 Å². The smallest absolute Gasteiger partial charge is 0.226 e. The molecule has 2 aromatic heterocycles. The maximum Gasteiger partial charge on any atom is 0.226 e. The molecule has 0 bridgehead atoms. The van der Waals surface area contributed by atoms with Crippen LogP contribution < -0.4 is 16.2 Å². The summed E-state index contributed by atoms with van der Waals surface area (Å²) >= 11 is 1.58. The summed E-state index contributed by atoms with van der Waals surface area (Å²) in [5, 5.41) is 4.99. The third-order valence-corrected chi connectivity index (χ3v) is 4.83. The quantitative estimate of drug-likeness (QED) is 0.679. The molecule has 0 radical (unpaired) electrons. The molecule has 7 heteroatoms. The lowest BCUT2D eigenvalue weighted by molar-refractivity contribution is -0.125. The third kappa shape index (κ3) is 2.86. The Balaban J connectivity index is 1.42. The number of carbonyl (C=O) groups excluding carboxylic acids is 1. The van der Waals surface area contributed by atoms with Gasteiger partial charge in [0.1, 0.15) is 0 Å². The SMILES string of the molecule is O=C(NCc1cn2ccsc2n1)C1CNNC1c1ccccc1. The van der Waals surface area contributed by atoms with Crippen LogP contribution in [0.1, 0.15) is 17.3 Å². The van der Waals surface area contributed by atoms with Crippen LogP contribution in [0.5, 0.6) is 0 Å². The van der Waals surface area contributed by atoms with Crippen molar-refractivity contribution < 1.29 is 4.79 Å². The summed E-state index contributed by atoms with van der Waals surface area (Å²) in [5.41, 5.74) is 8.27. The predicted molar refractivity (Wildman–Crippen MR) is 88.7 cm³/mol. The number of hydrazine groups is 1. The zero-order valence-corrected chi connectivity index (χ0v) is 13.2. The van der Waals surface area contributed by atoms with E-state index in [2.05, 4.69) is 21.2 Å². The molecule has 118 valence electrons. The number of hydrogen-bond donors (Lipinski definition) is 3. The molecule has 2 atom stereocenters. The van der Waals surface area contributed by atoms with E-state index in [9.17, 15) is 4.79 Å². The molecule has 2 unspecified atom stereocenters. The molecule has 0 saturated carbocycles. The lowest BCUT2D eigenvalue weighted by Crippen LogP contribution is -2.34. The fourth-order valence-corrected chi connectivity index (χ4v) is 3.61.